The molecule has 2 atom stereocenters. The summed E-state index contributed by atoms with van der Waals surface area (Å²) < 4.78 is 14.0. The van der Waals surface area contributed by atoms with Crippen molar-refractivity contribution in [1.82, 2.24) is 10.6 Å². The Kier molecular flexibility index (Phi) is 4.82. The van der Waals surface area contributed by atoms with Gasteiger partial charge >= 0.3 is 0 Å². The van der Waals surface area contributed by atoms with E-state index in [0.29, 0.717) is 5.84 Å². The minimum absolute atomic E-state index is 0.0503. The number of hydrogen-bond acceptors (Lipinski definition) is 6. The maximum atomic E-state index is 14.0. The lowest BCUT2D eigenvalue weighted by Gasteiger charge is -2.33. The zero-order chi connectivity index (χ0) is 20.5. The van der Waals surface area contributed by atoms with Gasteiger partial charge in [0.1, 0.15) is 23.9 Å². The smallest absolute Gasteiger partial charge is 0.195 e. The Hall–Kier alpha value is -3.58. The van der Waals surface area contributed by atoms with E-state index in [0.717, 1.165) is 11.1 Å². The maximum Gasteiger partial charge on any atom is 0.195 e. The van der Waals surface area contributed by atoms with E-state index in [-0.39, 0.29) is 11.1 Å². The van der Waals surface area contributed by atoms with Gasteiger partial charge in [-0.25, -0.2) is 9.38 Å². The van der Waals surface area contributed by atoms with E-state index in [1.165, 1.54) is 6.92 Å². The van der Waals surface area contributed by atoms with Crippen LogP contribution >= 0.6 is 0 Å². The number of rotatable bonds is 3. The first-order chi connectivity index (χ1) is 14.0. The first-order valence-electron chi connectivity index (χ1n) is 9.11. The standard InChI is InChI=1S/C22H20FN3O3/c1-12-16(23)19(29)18(28)15(17(12)27)22-25-20(13-8-4-2-5-9-13)24-21(26-22)14-10-6-3-7-11-14/h2-11,20,22,25,27-29H,1H3,(H,24,26). The lowest BCUT2D eigenvalue weighted by molar-refractivity contribution is 0.336. The average Bonchev–Trinajstić information content (AvgIpc) is 2.77. The van der Waals surface area contributed by atoms with E-state index >= 15 is 0 Å². The van der Waals surface area contributed by atoms with Gasteiger partial charge in [0.05, 0.1) is 5.56 Å². The molecule has 0 amide bonds. The minimum atomic E-state index is -1.06. The maximum absolute atomic E-state index is 14.0. The molecule has 6 nitrogen and oxygen atoms in total. The van der Waals surface area contributed by atoms with E-state index < -0.39 is 35.4 Å². The van der Waals surface area contributed by atoms with Crippen molar-refractivity contribution < 1.29 is 19.7 Å². The Morgan fingerprint density at radius 2 is 1.48 bits per heavy atom. The SMILES string of the molecule is Cc1c(O)c(C2NC(c3ccccc3)=NC(c3ccccc3)N2)c(O)c(O)c1F. The van der Waals surface area contributed by atoms with Gasteiger partial charge in [0.2, 0.25) is 0 Å². The summed E-state index contributed by atoms with van der Waals surface area (Å²) in [5.74, 6) is -2.60. The zero-order valence-corrected chi connectivity index (χ0v) is 15.6. The molecule has 0 saturated heterocycles. The summed E-state index contributed by atoms with van der Waals surface area (Å²) in [5.41, 5.74) is 1.47. The fourth-order valence-corrected chi connectivity index (χ4v) is 3.36. The monoisotopic (exact) mass is 393 g/mol. The van der Waals surface area contributed by atoms with Crippen molar-refractivity contribution in [3.05, 3.63) is 88.7 Å². The molecule has 7 heteroatoms. The summed E-state index contributed by atoms with van der Waals surface area (Å²) in [5, 5.41) is 37.2. The molecular weight excluding hydrogens is 373 g/mol. The highest BCUT2D eigenvalue weighted by molar-refractivity contribution is 5.99. The summed E-state index contributed by atoms with van der Waals surface area (Å²) in [4.78, 5) is 4.71. The Labute approximate surface area is 167 Å². The van der Waals surface area contributed by atoms with Crippen molar-refractivity contribution in [2.75, 3.05) is 0 Å². The van der Waals surface area contributed by atoms with Crippen molar-refractivity contribution in [3.8, 4) is 17.2 Å². The van der Waals surface area contributed by atoms with Crippen LogP contribution in [0.15, 0.2) is 65.7 Å². The summed E-state index contributed by atoms with van der Waals surface area (Å²) >= 11 is 0. The number of halogens is 1. The third-order valence-corrected chi connectivity index (χ3v) is 4.94. The van der Waals surface area contributed by atoms with Gasteiger partial charge in [-0.15, -0.1) is 0 Å². The third-order valence-electron chi connectivity index (χ3n) is 4.94. The molecule has 0 aromatic heterocycles. The second-order valence-electron chi connectivity index (χ2n) is 6.80. The Bertz CT molecular complexity index is 1040. The topological polar surface area (TPSA) is 97.1 Å². The number of aromatic hydroxyl groups is 3. The highest BCUT2D eigenvalue weighted by Crippen LogP contribution is 2.44. The molecule has 3 aromatic rings. The van der Waals surface area contributed by atoms with Gasteiger partial charge in [0.25, 0.3) is 0 Å². The Morgan fingerprint density at radius 3 is 2.14 bits per heavy atom. The average molecular weight is 393 g/mol. The van der Waals surface area contributed by atoms with Crippen molar-refractivity contribution in [2.45, 2.75) is 19.3 Å². The van der Waals surface area contributed by atoms with E-state index in [2.05, 4.69) is 10.6 Å². The van der Waals surface area contributed by atoms with Gasteiger partial charge < -0.3 is 20.6 Å². The highest BCUT2D eigenvalue weighted by Gasteiger charge is 2.32. The van der Waals surface area contributed by atoms with Crippen LogP contribution in [-0.2, 0) is 0 Å². The number of phenolic OH excluding ortho intramolecular Hbond substituents is 3. The highest BCUT2D eigenvalue weighted by atomic mass is 19.1. The molecule has 3 aromatic carbocycles. The Balaban J connectivity index is 1.83. The van der Waals surface area contributed by atoms with Gasteiger partial charge in [-0.2, -0.15) is 0 Å². The molecule has 1 aliphatic rings. The number of nitrogens with zero attached hydrogens (tertiary/aromatic N) is 1. The van der Waals surface area contributed by atoms with E-state index in [1.54, 1.807) is 0 Å². The molecule has 29 heavy (non-hydrogen) atoms. The van der Waals surface area contributed by atoms with Crippen LogP contribution in [-0.4, -0.2) is 21.2 Å². The van der Waals surface area contributed by atoms with Gasteiger partial charge in [-0.1, -0.05) is 60.7 Å². The van der Waals surface area contributed by atoms with Crippen LogP contribution in [0.1, 0.15) is 34.6 Å². The molecule has 2 unspecified atom stereocenters. The number of amidine groups is 1. The predicted molar refractivity (Wildman–Crippen MR) is 107 cm³/mol. The van der Waals surface area contributed by atoms with Crippen LogP contribution in [0, 0.1) is 12.7 Å². The predicted octanol–water partition coefficient (Wildman–Crippen LogP) is 3.59. The number of hydrogen-bond donors (Lipinski definition) is 5. The Morgan fingerprint density at radius 1 is 0.862 bits per heavy atom. The first kappa shape index (κ1) is 18.8. The van der Waals surface area contributed by atoms with Crippen LogP contribution in [0.3, 0.4) is 0 Å². The van der Waals surface area contributed by atoms with Crippen molar-refractivity contribution in [2.24, 2.45) is 4.99 Å². The first-order valence-corrected chi connectivity index (χ1v) is 9.11. The molecule has 0 bridgehead atoms. The molecule has 1 heterocycles. The fourth-order valence-electron chi connectivity index (χ4n) is 3.36. The van der Waals surface area contributed by atoms with Crippen LogP contribution in [0.2, 0.25) is 0 Å². The molecule has 0 spiro atoms. The number of aliphatic imine (C=N–C) groups is 1. The second kappa shape index (κ2) is 7.44. The summed E-state index contributed by atoms with van der Waals surface area (Å²) in [7, 11) is 0. The molecule has 148 valence electrons. The summed E-state index contributed by atoms with van der Waals surface area (Å²) in [6, 6.07) is 18.8. The molecule has 4 rings (SSSR count). The summed E-state index contributed by atoms with van der Waals surface area (Å²) in [6.45, 7) is 1.33. The molecule has 5 N–H and O–H groups in total. The van der Waals surface area contributed by atoms with Gasteiger partial charge in [-0.3, -0.25) is 5.32 Å². The van der Waals surface area contributed by atoms with E-state index in [4.69, 9.17) is 4.99 Å². The lowest BCUT2D eigenvalue weighted by atomic mass is 10.0. The minimum Gasteiger partial charge on any atom is -0.507 e. The van der Waals surface area contributed by atoms with Crippen molar-refractivity contribution in [3.63, 3.8) is 0 Å². The third kappa shape index (κ3) is 3.36. The molecule has 1 aliphatic heterocycles. The molecule has 0 aliphatic carbocycles. The van der Waals surface area contributed by atoms with E-state index in [9.17, 15) is 19.7 Å². The quantitative estimate of drug-likeness (QED) is 0.346. The second-order valence-corrected chi connectivity index (χ2v) is 6.80. The number of benzene rings is 3. The van der Waals surface area contributed by atoms with Gasteiger partial charge in [0, 0.05) is 11.1 Å². The number of nitrogens with one attached hydrogen (secondary N) is 2. The van der Waals surface area contributed by atoms with Gasteiger partial charge in [-0.05, 0) is 12.5 Å². The normalized spacial score (nSPS) is 18.8. The number of phenols is 3. The van der Waals surface area contributed by atoms with Crippen LogP contribution in [0.4, 0.5) is 4.39 Å². The largest absolute Gasteiger partial charge is 0.507 e. The van der Waals surface area contributed by atoms with Crippen LogP contribution < -0.4 is 10.6 Å². The van der Waals surface area contributed by atoms with Crippen molar-refractivity contribution in [1.29, 1.82) is 0 Å². The van der Waals surface area contributed by atoms with Gasteiger partial charge in [0.15, 0.2) is 17.3 Å². The van der Waals surface area contributed by atoms with Crippen LogP contribution in [0.25, 0.3) is 0 Å². The molecule has 0 radical (unpaired) electrons. The summed E-state index contributed by atoms with van der Waals surface area (Å²) in [6.07, 6.45) is -1.33. The fraction of sp³-hybridized carbons (Fsp3) is 0.136. The van der Waals surface area contributed by atoms with E-state index in [1.807, 2.05) is 60.7 Å². The zero-order valence-electron chi connectivity index (χ0n) is 15.6. The molecule has 0 saturated carbocycles. The lowest BCUT2D eigenvalue weighted by Crippen LogP contribution is -2.45. The molecule has 0 fully saturated rings. The molecular formula is C22H20FN3O3. The van der Waals surface area contributed by atoms with Crippen LogP contribution in [0.5, 0.6) is 17.2 Å². The van der Waals surface area contributed by atoms with Crippen molar-refractivity contribution >= 4 is 5.84 Å².